The number of halogens is 2. The summed E-state index contributed by atoms with van der Waals surface area (Å²) in [5.74, 6) is 0.294. The van der Waals surface area contributed by atoms with Crippen LogP contribution in [-0.2, 0) is 0 Å². The molecule has 0 aromatic heterocycles. The first-order valence-electron chi connectivity index (χ1n) is 6.33. The number of hydrogen-bond donors (Lipinski definition) is 1. The predicted octanol–water partition coefficient (Wildman–Crippen LogP) is 4.22. The smallest absolute Gasteiger partial charge is 0.126 e. The molecule has 94 valence electrons. The summed E-state index contributed by atoms with van der Waals surface area (Å²) in [4.78, 5) is 0. The Morgan fingerprint density at radius 2 is 2.06 bits per heavy atom. The molecule has 2 rings (SSSR count). The van der Waals surface area contributed by atoms with Gasteiger partial charge in [-0.15, -0.1) is 0 Å². The van der Waals surface area contributed by atoms with Crippen molar-refractivity contribution in [2.45, 2.75) is 44.1 Å². The van der Waals surface area contributed by atoms with Gasteiger partial charge in [0.05, 0.1) is 0 Å². The average molecular weight is 300 g/mol. The van der Waals surface area contributed by atoms with Crippen LogP contribution in [0, 0.1) is 5.82 Å². The second kappa shape index (κ2) is 5.96. The minimum Gasteiger partial charge on any atom is -0.317 e. The van der Waals surface area contributed by atoms with Crippen molar-refractivity contribution < 1.29 is 4.39 Å². The molecule has 1 aliphatic carbocycles. The van der Waals surface area contributed by atoms with Crippen molar-refractivity contribution in [3.8, 4) is 0 Å². The Hall–Kier alpha value is -0.410. The summed E-state index contributed by atoms with van der Waals surface area (Å²) < 4.78 is 14.8. The van der Waals surface area contributed by atoms with Crippen LogP contribution in [0.5, 0.6) is 0 Å². The van der Waals surface area contributed by atoms with Crippen molar-refractivity contribution in [2.75, 3.05) is 7.05 Å². The summed E-state index contributed by atoms with van der Waals surface area (Å²) in [6.07, 6.45) is 5.81. The van der Waals surface area contributed by atoms with Gasteiger partial charge in [0.25, 0.3) is 0 Å². The first-order chi connectivity index (χ1) is 8.20. The number of hydrogen-bond acceptors (Lipinski definition) is 1. The van der Waals surface area contributed by atoms with Gasteiger partial charge in [-0.1, -0.05) is 28.8 Å². The van der Waals surface area contributed by atoms with Gasteiger partial charge in [-0.3, -0.25) is 0 Å². The van der Waals surface area contributed by atoms with E-state index in [1.165, 1.54) is 19.3 Å². The molecule has 2 atom stereocenters. The molecular weight excluding hydrogens is 281 g/mol. The normalized spacial score (nSPS) is 25.6. The highest BCUT2D eigenvalue weighted by atomic mass is 79.9. The Morgan fingerprint density at radius 3 is 2.82 bits per heavy atom. The largest absolute Gasteiger partial charge is 0.317 e. The van der Waals surface area contributed by atoms with E-state index in [1.54, 1.807) is 12.1 Å². The molecule has 0 heterocycles. The first kappa shape index (κ1) is 13.0. The summed E-state index contributed by atoms with van der Waals surface area (Å²) in [7, 11) is 2.00. The molecule has 0 amide bonds. The maximum Gasteiger partial charge on any atom is 0.126 e. The van der Waals surface area contributed by atoms with Gasteiger partial charge in [0.15, 0.2) is 0 Å². The molecule has 1 aliphatic rings. The maximum absolute atomic E-state index is 13.9. The lowest BCUT2D eigenvalue weighted by Gasteiger charge is -2.20. The highest BCUT2D eigenvalue weighted by molar-refractivity contribution is 9.10. The second-order valence-electron chi connectivity index (χ2n) is 4.87. The quantitative estimate of drug-likeness (QED) is 0.806. The van der Waals surface area contributed by atoms with Crippen LogP contribution in [0.1, 0.15) is 43.6 Å². The minimum atomic E-state index is -0.0602. The highest BCUT2D eigenvalue weighted by Gasteiger charge is 2.22. The molecule has 3 heteroatoms. The van der Waals surface area contributed by atoms with E-state index in [0.717, 1.165) is 22.9 Å². The molecule has 1 aromatic carbocycles. The zero-order chi connectivity index (χ0) is 12.3. The third-order valence-electron chi connectivity index (χ3n) is 3.73. The second-order valence-corrected chi connectivity index (χ2v) is 5.78. The number of rotatable bonds is 2. The van der Waals surface area contributed by atoms with Gasteiger partial charge in [0.2, 0.25) is 0 Å². The molecule has 2 unspecified atom stereocenters. The van der Waals surface area contributed by atoms with Crippen LogP contribution in [0.25, 0.3) is 0 Å². The molecule has 0 spiro atoms. The summed E-state index contributed by atoms with van der Waals surface area (Å²) in [6, 6.07) is 5.81. The summed E-state index contributed by atoms with van der Waals surface area (Å²) in [5.41, 5.74) is 0.876. The zero-order valence-corrected chi connectivity index (χ0v) is 11.8. The third-order valence-corrected chi connectivity index (χ3v) is 4.22. The van der Waals surface area contributed by atoms with Crippen LogP contribution in [-0.4, -0.2) is 13.1 Å². The molecule has 0 saturated heterocycles. The lowest BCUT2D eigenvalue weighted by molar-refractivity contribution is 0.460. The minimum absolute atomic E-state index is 0.0602. The lowest BCUT2D eigenvalue weighted by atomic mass is 9.90. The third kappa shape index (κ3) is 3.29. The SMILES string of the molecule is CNC1CCCCC(c2cc(Br)ccc2F)C1. The van der Waals surface area contributed by atoms with Crippen LogP contribution >= 0.6 is 15.9 Å². The van der Waals surface area contributed by atoms with E-state index in [-0.39, 0.29) is 5.82 Å². The number of benzene rings is 1. The molecular formula is C14H19BrFN. The van der Waals surface area contributed by atoms with Crippen LogP contribution < -0.4 is 5.32 Å². The van der Waals surface area contributed by atoms with Crippen LogP contribution in [0.15, 0.2) is 22.7 Å². The molecule has 1 fully saturated rings. The first-order valence-corrected chi connectivity index (χ1v) is 7.12. The fourth-order valence-electron chi connectivity index (χ4n) is 2.73. The van der Waals surface area contributed by atoms with Gasteiger partial charge in [0.1, 0.15) is 5.82 Å². The van der Waals surface area contributed by atoms with Gasteiger partial charge in [-0.2, -0.15) is 0 Å². The Balaban J connectivity index is 2.21. The van der Waals surface area contributed by atoms with E-state index in [9.17, 15) is 4.39 Å². The standard InChI is InChI=1S/C14H19BrFN/c1-17-12-5-3-2-4-10(8-12)13-9-11(15)6-7-14(13)16/h6-7,9-10,12,17H,2-5,8H2,1H3. The Kier molecular flexibility index (Phi) is 4.57. The Bertz CT molecular complexity index is 380. The fraction of sp³-hybridized carbons (Fsp3) is 0.571. The molecule has 0 aliphatic heterocycles. The van der Waals surface area contributed by atoms with Crippen LogP contribution in [0.2, 0.25) is 0 Å². The van der Waals surface area contributed by atoms with Gasteiger partial charge in [-0.05, 0) is 56.0 Å². The lowest BCUT2D eigenvalue weighted by Crippen LogP contribution is -2.26. The van der Waals surface area contributed by atoms with E-state index in [0.29, 0.717) is 12.0 Å². The zero-order valence-electron chi connectivity index (χ0n) is 10.2. The molecule has 0 bridgehead atoms. The molecule has 1 nitrogen and oxygen atoms in total. The average Bonchev–Trinajstić information content (AvgIpc) is 2.57. The van der Waals surface area contributed by atoms with Crippen molar-refractivity contribution in [1.82, 2.24) is 5.32 Å². The van der Waals surface area contributed by atoms with E-state index >= 15 is 0 Å². The summed E-state index contributed by atoms with van der Waals surface area (Å²) in [6.45, 7) is 0. The predicted molar refractivity (Wildman–Crippen MR) is 72.8 cm³/mol. The molecule has 17 heavy (non-hydrogen) atoms. The van der Waals surface area contributed by atoms with Crippen molar-refractivity contribution in [2.24, 2.45) is 0 Å². The molecule has 0 radical (unpaired) electrons. The van der Waals surface area contributed by atoms with Gasteiger partial charge in [0, 0.05) is 10.5 Å². The molecule has 1 saturated carbocycles. The number of nitrogens with one attached hydrogen (secondary N) is 1. The Labute approximate surface area is 111 Å². The van der Waals surface area contributed by atoms with Gasteiger partial charge in [-0.25, -0.2) is 4.39 Å². The topological polar surface area (TPSA) is 12.0 Å². The van der Waals surface area contributed by atoms with Gasteiger partial charge >= 0.3 is 0 Å². The van der Waals surface area contributed by atoms with Crippen molar-refractivity contribution in [1.29, 1.82) is 0 Å². The van der Waals surface area contributed by atoms with Crippen LogP contribution in [0.4, 0.5) is 4.39 Å². The monoisotopic (exact) mass is 299 g/mol. The molecule has 1 aromatic rings. The van der Waals surface area contributed by atoms with E-state index in [4.69, 9.17) is 0 Å². The van der Waals surface area contributed by atoms with Crippen molar-refractivity contribution in [3.63, 3.8) is 0 Å². The van der Waals surface area contributed by atoms with Crippen molar-refractivity contribution >= 4 is 15.9 Å². The van der Waals surface area contributed by atoms with E-state index in [2.05, 4.69) is 21.2 Å². The van der Waals surface area contributed by atoms with E-state index in [1.807, 2.05) is 13.1 Å². The van der Waals surface area contributed by atoms with Crippen LogP contribution in [0.3, 0.4) is 0 Å². The molecule has 1 N–H and O–H groups in total. The van der Waals surface area contributed by atoms with E-state index < -0.39 is 0 Å². The highest BCUT2D eigenvalue weighted by Crippen LogP contribution is 2.34. The fourth-order valence-corrected chi connectivity index (χ4v) is 3.11. The summed E-state index contributed by atoms with van der Waals surface area (Å²) >= 11 is 3.43. The van der Waals surface area contributed by atoms with Crippen molar-refractivity contribution in [3.05, 3.63) is 34.1 Å². The maximum atomic E-state index is 13.9. The Morgan fingerprint density at radius 1 is 1.29 bits per heavy atom. The summed E-state index contributed by atoms with van der Waals surface area (Å²) in [5, 5.41) is 3.34. The van der Waals surface area contributed by atoms with Gasteiger partial charge < -0.3 is 5.32 Å².